The lowest BCUT2D eigenvalue weighted by Gasteiger charge is -2.42. The predicted octanol–water partition coefficient (Wildman–Crippen LogP) is 4.15. The van der Waals surface area contributed by atoms with Gasteiger partial charge in [0.15, 0.2) is 23.1 Å². The molecule has 2 aliphatic rings. The molecule has 0 aromatic carbocycles. The smallest absolute Gasteiger partial charge is 0.168 e. The summed E-state index contributed by atoms with van der Waals surface area (Å²) < 4.78 is 36.5. The van der Waals surface area contributed by atoms with Crippen LogP contribution < -0.4 is 15.4 Å². The zero-order valence-corrected chi connectivity index (χ0v) is 18.6. The van der Waals surface area contributed by atoms with Gasteiger partial charge in [0.1, 0.15) is 22.8 Å². The number of nitrogens with one attached hydrogen (secondary N) is 2. The van der Waals surface area contributed by atoms with Crippen molar-refractivity contribution in [2.45, 2.75) is 51.5 Å². The molecule has 0 bridgehead atoms. The van der Waals surface area contributed by atoms with Gasteiger partial charge < -0.3 is 15.4 Å². The number of halogens is 2. The zero-order valence-electron chi connectivity index (χ0n) is 18.6. The lowest BCUT2D eigenvalue weighted by Crippen LogP contribution is -2.38. The summed E-state index contributed by atoms with van der Waals surface area (Å²) in [4.78, 5) is 8.69. The van der Waals surface area contributed by atoms with Gasteiger partial charge in [-0.2, -0.15) is 5.10 Å². The van der Waals surface area contributed by atoms with Gasteiger partial charge >= 0.3 is 0 Å². The lowest BCUT2D eigenvalue weighted by molar-refractivity contribution is 0.145. The fourth-order valence-corrected chi connectivity index (χ4v) is 4.90. The average Bonchev–Trinajstić information content (AvgIpc) is 3.16. The van der Waals surface area contributed by atoms with Gasteiger partial charge in [-0.1, -0.05) is 13.8 Å². The third-order valence-corrected chi connectivity index (χ3v) is 6.50. The van der Waals surface area contributed by atoms with Crippen LogP contribution in [0.15, 0.2) is 18.3 Å². The molecule has 0 amide bonds. The van der Waals surface area contributed by atoms with E-state index in [1.807, 2.05) is 6.07 Å². The molecular formula is C23H28F2N6O. The van der Waals surface area contributed by atoms with E-state index in [0.29, 0.717) is 23.6 Å². The van der Waals surface area contributed by atoms with Crippen LogP contribution in [-0.4, -0.2) is 45.8 Å². The summed E-state index contributed by atoms with van der Waals surface area (Å²) in [6.45, 7) is 6.11. The van der Waals surface area contributed by atoms with Crippen LogP contribution in [0.3, 0.4) is 0 Å². The van der Waals surface area contributed by atoms with Gasteiger partial charge in [-0.25, -0.2) is 23.3 Å². The van der Waals surface area contributed by atoms with Crippen LogP contribution in [0.5, 0.6) is 5.75 Å². The molecule has 9 heteroatoms. The molecule has 2 fully saturated rings. The number of methoxy groups -OCH3 is 1. The van der Waals surface area contributed by atoms with Gasteiger partial charge in [0.25, 0.3) is 0 Å². The molecule has 3 aromatic heterocycles. The van der Waals surface area contributed by atoms with Gasteiger partial charge in [-0.05, 0) is 37.6 Å². The van der Waals surface area contributed by atoms with Gasteiger partial charge in [0, 0.05) is 30.6 Å². The third kappa shape index (κ3) is 3.79. The van der Waals surface area contributed by atoms with Gasteiger partial charge in [0.05, 0.1) is 13.3 Å². The molecule has 0 unspecified atom stereocenters. The first-order valence-corrected chi connectivity index (χ1v) is 11.1. The minimum absolute atomic E-state index is 0.0164. The quantitative estimate of drug-likeness (QED) is 0.618. The second kappa shape index (κ2) is 7.95. The van der Waals surface area contributed by atoms with Crippen LogP contribution in [0.1, 0.15) is 51.1 Å². The van der Waals surface area contributed by atoms with E-state index < -0.39 is 11.6 Å². The Labute approximate surface area is 185 Å². The van der Waals surface area contributed by atoms with Gasteiger partial charge in [-0.15, -0.1) is 0 Å². The number of fused-ring (bicyclic) bond motifs is 1. The summed E-state index contributed by atoms with van der Waals surface area (Å²) in [6, 6.07) is 2.73. The summed E-state index contributed by atoms with van der Waals surface area (Å²) in [7, 11) is 1.62. The monoisotopic (exact) mass is 442 g/mol. The number of anilines is 1. The van der Waals surface area contributed by atoms with Crippen molar-refractivity contribution in [1.29, 1.82) is 0 Å². The van der Waals surface area contributed by atoms with Crippen molar-refractivity contribution in [3.05, 3.63) is 35.7 Å². The first-order chi connectivity index (χ1) is 15.3. The van der Waals surface area contributed by atoms with E-state index in [4.69, 9.17) is 9.84 Å². The summed E-state index contributed by atoms with van der Waals surface area (Å²) in [5, 5.41) is 11.2. The third-order valence-electron chi connectivity index (χ3n) is 6.50. The number of nitrogens with zero attached hydrogens (tertiary/aromatic N) is 4. The highest BCUT2D eigenvalue weighted by Gasteiger charge is 2.39. The second-order valence-corrected chi connectivity index (χ2v) is 9.62. The van der Waals surface area contributed by atoms with Crippen molar-refractivity contribution in [3.8, 4) is 17.1 Å². The molecular weight excluding hydrogens is 414 g/mol. The number of rotatable bonds is 5. The van der Waals surface area contributed by atoms with E-state index in [9.17, 15) is 8.78 Å². The van der Waals surface area contributed by atoms with Crippen LogP contribution in [0.2, 0.25) is 0 Å². The molecule has 1 aliphatic heterocycles. The minimum atomic E-state index is -0.749. The van der Waals surface area contributed by atoms with Crippen molar-refractivity contribution in [3.63, 3.8) is 0 Å². The maximum Gasteiger partial charge on any atom is 0.168 e. The van der Waals surface area contributed by atoms with Crippen molar-refractivity contribution in [1.82, 2.24) is 24.9 Å². The van der Waals surface area contributed by atoms with E-state index in [2.05, 4.69) is 34.4 Å². The maximum atomic E-state index is 14.8. The highest BCUT2D eigenvalue weighted by Crippen LogP contribution is 2.51. The molecule has 1 atom stereocenters. The Balaban J connectivity index is 1.54. The number of pyridine rings is 1. The Morgan fingerprint density at radius 1 is 1.22 bits per heavy atom. The highest BCUT2D eigenvalue weighted by atomic mass is 19.1. The number of piperidine rings is 1. The van der Waals surface area contributed by atoms with Crippen LogP contribution in [0, 0.1) is 17.0 Å². The SMILES string of the molecule is COc1cc2ncc(-c3nc(N[C@@H]4CCCNC4)c(F)cc3F)n2nc1C1CC(C)(C)C1. The Morgan fingerprint density at radius 2 is 2.03 bits per heavy atom. The molecule has 2 N–H and O–H groups in total. The molecule has 5 rings (SSSR count). The van der Waals surface area contributed by atoms with Crippen molar-refractivity contribution < 1.29 is 13.5 Å². The molecule has 1 saturated carbocycles. The Kier molecular flexibility index (Phi) is 5.23. The fraction of sp³-hybridized carbons (Fsp3) is 0.522. The summed E-state index contributed by atoms with van der Waals surface area (Å²) >= 11 is 0. The Hall–Kier alpha value is -2.81. The fourth-order valence-electron chi connectivity index (χ4n) is 4.90. The normalized spacial score (nSPS) is 20.8. The topological polar surface area (TPSA) is 76.4 Å². The number of aromatic nitrogens is 4. The van der Waals surface area contributed by atoms with Crippen LogP contribution in [0.4, 0.5) is 14.6 Å². The maximum absolute atomic E-state index is 14.8. The van der Waals surface area contributed by atoms with E-state index >= 15 is 0 Å². The van der Waals surface area contributed by atoms with Crippen LogP contribution in [-0.2, 0) is 0 Å². The van der Waals surface area contributed by atoms with Crippen molar-refractivity contribution in [2.75, 3.05) is 25.5 Å². The predicted molar refractivity (Wildman–Crippen MR) is 118 cm³/mol. The number of hydrogen-bond acceptors (Lipinski definition) is 6. The van der Waals surface area contributed by atoms with E-state index in [0.717, 1.165) is 44.0 Å². The van der Waals surface area contributed by atoms with E-state index in [1.165, 1.54) is 6.20 Å². The molecule has 1 saturated heterocycles. The van der Waals surface area contributed by atoms with Crippen LogP contribution >= 0.6 is 0 Å². The van der Waals surface area contributed by atoms with Crippen LogP contribution in [0.25, 0.3) is 17.0 Å². The Morgan fingerprint density at radius 3 is 2.72 bits per heavy atom. The summed E-state index contributed by atoms with van der Waals surface area (Å²) in [5.74, 6) is -0.478. The molecule has 0 radical (unpaired) electrons. The van der Waals surface area contributed by atoms with E-state index in [1.54, 1.807) is 11.6 Å². The van der Waals surface area contributed by atoms with Gasteiger partial charge in [0.2, 0.25) is 0 Å². The highest BCUT2D eigenvalue weighted by molar-refractivity contribution is 5.63. The largest absolute Gasteiger partial charge is 0.495 e. The standard InChI is InChI=1S/C23H28F2N6O/c1-23(2)9-13(10-23)20-18(32-3)8-19-27-12-17(31(19)30-20)21-15(24)7-16(25)22(29-21)28-14-5-4-6-26-11-14/h7-8,12-14,26H,4-6,9-11H2,1-3H3,(H,28,29)/t14-/m1/s1. The summed E-state index contributed by atoms with van der Waals surface area (Å²) in [5.41, 5.74) is 2.01. The lowest BCUT2D eigenvalue weighted by atomic mass is 9.63. The molecule has 7 nitrogen and oxygen atoms in total. The number of hydrogen-bond donors (Lipinski definition) is 2. The Bertz CT molecular complexity index is 1150. The molecule has 3 aromatic rings. The number of ether oxygens (including phenoxy) is 1. The molecule has 32 heavy (non-hydrogen) atoms. The van der Waals surface area contributed by atoms with Gasteiger partial charge in [-0.3, -0.25) is 0 Å². The van der Waals surface area contributed by atoms with Crippen molar-refractivity contribution in [2.24, 2.45) is 5.41 Å². The minimum Gasteiger partial charge on any atom is -0.495 e. The molecule has 170 valence electrons. The molecule has 4 heterocycles. The van der Waals surface area contributed by atoms with Crippen molar-refractivity contribution >= 4 is 11.5 Å². The summed E-state index contributed by atoms with van der Waals surface area (Å²) in [6.07, 6.45) is 5.41. The molecule has 0 spiro atoms. The average molecular weight is 443 g/mol. The number of imidazole rings is 1. The van der Waals surface area contributed by atoms with E-state index in [-0.39, 0.29) is 28.9 Å². The zero-order chi connectivity index (χ0) is 22.5. The first-order valence-electron chi connectivity index (χ1n) is 11.1. The second-order valence-electron chi connectivity index (χ2n) is 9.62. The first kappa shape index (κ1) is 21.1. The molecule has 1 aliphatic carbocycles.